The Balaban J connectivity index is 1.79. The molecule has 23 heavy (non-hydrogen) atoms. The Hall–Kier alpha value is -2.05. The van der Waals surface area contributed by atoms with Crippen molar-refractivity contribution < 1.29 is 18.6 Å². The summed E-state index contributed by atoms with van der Waals surface area (Å²) >= 11 is 0. The van der Waals surface area contributed by atoms with Crippen LogP contribution in [-0.2, 0) is 0 Å². The van der Waals surface area contributed by atoms with Crippen LogP contribution in [-0.4, -0.2) is 29.3 Å². The van der Waals surface area contributed by atoms with Gasteiger partial charge in [0, 0.05) is 12.6 Å². The number of aromatic nitrogens is 1. The van der Waals surface area contributed by atoms with Crippen LogP contribution in [0.4, 0.5) is 8.78 Å². The Morgan fingerprint density at radius 1 is 1.13 bits per heavy atom. The van der Waals surface area contributed by atoms with Crippen LogP contribution in [0.1, 0.15) is 25.1 Å². The van der Waals surface area contributed by atoms with Gasteiger partial charge in [-0.05, 0) is 42.8 Å². The van der Waals surface area contributed by atoms with Gasteiger partial charge in [0.25, 0.3) is 0 Å². The maximum atomic E-state index is 12.9. The van der Waals surface area contributed by atoms with Crippen LogP contribution in [0, 0.1) is 11.6 Å². The number of aliphatic hydroxyl groups excluding tert-OH is 1. The van der Waals surface area contributed by atoms with Gasteiger partial charge in [0.2, 0.25) is 0 Å². The molecule has 2 aromatic rings. The van der Waals surface area contributed by atoms with Crippen molar-refractivity contribution in [3.8, 4) is 5.75 Å². The summed E-state index contributed by atoms with van der Waals surface area (Å²) < 4.78 is 31.1. The van der Waals surface area contributed by atoms with Crippen LogP contribution < -0.4 is 10.1 Å². The number of nitrogens with one attached hydrogen (secondary N) is 1. The van der Waals surface area contributed by atoms with Crippen LogP contribution >= 0.6 is 0 Å². The fourth-order valence-corrected chi connectivity index (χ4v) is 2.11. The number of hydrogen-bond acceptors (Lipinski definition) is 4. The zero-order valence-electron chi connectivity index (χ0n) is 12.9. The second-order valence-corrected chi connectivity index (χ2v) is 5.19. The van der Waals surface area contributed by atoms with Crippen molar-refractivity contribution in [2.24, 2.45) is 0 Å². The quantitative estimate of drug-likeness (QED) is 0.785. The van der Waals surface area contributed by atoms with Crippen molar-refractivity contribution in [3.63, 3.8) is 0 Å². The Kier molecular flexibility index (Phi) is 6.43. The highest BCUT2D eigenvalue weighted by atomic mass is 19.1. The predicted octanol–water partition coefficient (Wildman–Crippen LogP) is 2.84. The summed E-state index contributed by atoms with van der Waals surface area (Å²) in [5.41, 5.74) is 0.723. The van der Waals surface area contributed by atoms with E-state index in [0.29, 0.717) is 12.3 Å². The monoisotopic (exact) mass is 322 g/mol. The molecule has 0 spiro atoms. The highest BCUT2D eigenvalue weighted by Gasteiger charge is 2.13. The summed E-state index contributed by atoms with van der Waals surface area (Å²) in [6.45, 7) is 2.37. The fraction of sp³-hybridized carbons (Fsp3) is 0.353. The molecule has 1 aromatic heterocycles. The van der Waals surface area contributed by atoms with Crippen LogP contribution in [0.25, 0.3) is 0 Å². The Morgan fingerprint density at radius 2 is 1.83 bits per heavy atom. The lowest BCUT2D eigenvalue weighted by atomic mass is 10.1. The maximum absolute atomic E-state index is 12.9. The third-order valence-electron chi connectivity index (χ3n) is 3.37. The van der Waals surface area contributed by atoms with Crippen molar-refractivity contribution in [3.05, 3.63) is 59.9 Å². The minimum atomic E-state index is -0.727. The van der Waals surface area contributed by atoms with E-state index in [-0.39, 0.29) is 24.3 Å². The number of ether oxygens (including phenoxy) is 1. The minimum Gasteiger partial charge on any atom is -0.491 e. The number of nitrogens with zero attached hydrogens (tertiary/aromatic N) is 1. The second-order valence-electron chi connectivity index (χ2n) is 5.19. The molecule has 2 atom stereocenters. The Morgan fingerprint density at radius 3 is 2.43 bits per heavy atom. The van der Waals surface area contributed by atoms with Crippen LogP contribution in [0.2, 0.25) is 0 Å². The molecule has 0 aliphatic rings. The molecule has 0 fully saturated rings. The van der Waals surface area contributed by atoms with E-state index in [2.05, 4.69) is 10.3 Å². The fourth-order valence-electron chi connectivity index (χ4n) is 2.11. The lowest BCUT2D eigenvalue weighted by Gasteiger charge is -2.19. The summed E-state index contributed by atoms with van der Waals surface area (Å²) in [5.74, 6) is -0.217. The largest absolute Gasteiger partial charge is 0.491 e. The molecule has 1 heterocycles. The van der Waals surface area contributed by atoms with Gasteiger partial charge in [-0.2, -0.15) is 0 Å². The van der Waals surface area contributed by atoms with Gasteiger partial charge in [-0.25, -0.2) is 8.78 Å². The van der Waals surface area contributed by atoms with Crippen molar-refractivity contribution in [1.29, 1.82) is 0 Å². The van der Waals surface area contributed by atoms with Gasteiger partial charge >= 0.3 is 0 Å². The van der Waals surface area contributed by atoms with Gasteiger partial charge in [-0.3, -0.25) is 4.98 Å². The number of aliphatic hydroxyl groups is 1. The van der Waals surface area contributed by atoms with E-state index < -0.39 is 6.10 Å². The van der Waals surface area contributed by atoms with Gasteiger partial charge in [0.05, 0.1) is 11.9 Å². The molecular formula is C17H20F2N2O2. The van der Waals surface area contributed by atoms with Crippen LogP contribution in [0.3, 0.4) is 0 Å². The molecular weight excluding hydrogens is 302 g/mol. The van der Waals surface area contributed by atoms with E-state index in [1.54, 1.807) is 6.07 Å². The molecule has 0 aliphatic heterocycles. The first-order chi connectivity index (χ1) is 11.1. The van der Waals surface area contributed by atoms with Crippen LogP contribution in [0.5, 0.6) is 5.75 Å². The molecule has 2 unspecified atom stereocenters. The number of halogens is 2. The highest BCUT2D eigenvalue weighted by Crippen LogP contribution is 2.14. The molecule has 1 aromatic carbocycles. The normalized spacial score (nSPS) is 13.6. The molecule has 2 N–H and O–H groups in total. The molecule has 0 saturated heterocycles. The average molecular weight is 322 g/mol. The lowest BCUT2D eigenvalue weighted by Crippen LogP contribution is -2.34. The van der Waals surface area contributed by atoms with Gasteiger partial charge in [0.15, 0.2) is 0 Å². The summed E-state index contributed by atoms with van der Waals surface area (Å²) in [4.78, 5) is 4.04. The van der Waals surface area contributed by atoms with Gasteiger partial charge < -0.3 is 15.2 Å². The molecule has 0 amide bonds. The topological polar surface area (TPSA) is 54.4 Å². The first-order valence-corrected chi connectivity index (χ1v) is 7.49. The average Bonchev–Trinajstić information content (AvgIpc) is 2.56. The third-order valence-corrected chi connectivity index (χ3v) is 3.37. The first kappa shape index (κ1) is 17.3. The first-order valence-electron chi connectivity index (χ1n) is 7.49. The van der Waals surface area contributed by atoms with Gasteiger partial charge in [-0.15, -0.1) is 0 Å². The van der Waals surface area contributed by atoms with E-state index in [1.165, 1.54) is 36.5 Å². The molecule has 0 saturated carbocycles. The van der Waals surface area contributed by atoms with Crippen molar-refractivity contribution >= 4 is 0 Å². The van der Waals surface area contributed by atoms with E-state index in [9.17, 15) is 13.9 Å². The molecule has 0 aliphatic carbocycles. The van der Waals surface area contributed by atoms with E-state index in [1.807, 2.05) is 6.92 Å². The zero-order chi connectivity index (χ0) is 16.7. The lowest BCUT2D eigenvalue weighted by molar-refractivity contribution is 0.103. The number of rotatable bonds is 8. The summed E-state index contributed by atoms with van der Waals surface area (Å²) in [6, 6.07) is 8.52. The molecule has 124 valence electrons. The number of hydrogen-bond donors (Lipinski definition) is 2. The zero-order valence-corrected chi connectivity index (χ0v) is 12.9. The molecule has 0 radical (unpaired) electrons. The van der Waals surface area contributed by atoms with Crippen molar-refractivity contribution in [1.82, 2.24) is 10.3 Å². The molecule has 6 heteroatoms. The molecule has 0 bridgehead atoms. The maximum Gasteiger partial charge on any atom is 0.141 e. The third kappa shape index (κ3) is 5.58. The predicted molar refractivity (Wildman–Crippen MR) is 83.1 cm³/mol. The Labute approximate surface area is 134 Å². The van der Waals surface area contributed by atoms with Crippen molar-refractivity contribution in [2.75, 3.05) is 13.2 Å². The van der Waals surface area contributed by atoms with E-state index in [0.717, 1.165) is 12.1 Å². The SMILES string of the molecule is CCC(NCC(O)COc1ccc(F)cc1)c1ccc(F)cn1. The minimum absolute atomic E-state index is 0.0731. The number of pyridine rings is 1. The standard InChI is InChI=1S/C17H20F2N2O2/c1-2-16(17-8-5-13(19)9-20-17)21-10-14(22)11-23-15-6-3-12(18)4-7-15/h3-9,14,16,21-22H,2,10-11H2,1H3. The van der Waals surface area contributed by atoms with E-state index in [4.69, 9.17) is 4.74 Å². The second kappa shape index (κ2) is 8.55. The highest BCUT2D eigenvalue weighted by molar-refractivity contribution is 5.22. The smallest absolute Gasteiger partial charge is 0.141 e. The molecule has 4 nitrogen and oxygen atoms in total. The van der Waals surface area contributed by atoms with Gasteiger partial charge in [0.1, 0.15) is 30.1 Å². The van der Waals surface area contributed by atoms with Gasteiger partial charge in [-0.1, -0.05) is 6.92 Å². The Bertz CT molecular complexity index is 591. The number of benzene rings is 1. The van der Waals surface area contributed by atoms with Crippen molar-refractivity contribution in [2.45, 2.75) is 25.5 Å². The summed E-state index contributed by atoms with van der Waals surface area (Å²) in [6.07, 6.45) is 1.20. The summed E-state index contributed by atoms with van der Waals surface area (Å²) in [7, 11) is 0. The summed E-state index contributed by atoms with van der Waals surface area (Å²) in [5, 5.41) is 13.1. The van der Waals surface area contributed by atoms with Crippen LogP contribution in [0.15, 0.2) is 42.6 Å². The molecule has 2 rings (SSSR count). The van der Waals surface area contributed by atoms with E-state index >= 15 is 0 Å².